The Balaban J connectivity index is 1.48. The Kier molecular flexibility index (Phi) is 6.26. The number of furan rings is 1. The van der Waals surface area contributed by atoms with E-state index in [4.69, 9.17) is 23.0 Å². The number of allylic oxidation sites excluding steroid dienone is 3. The summed E-state index contributed by atoms with van der Waals surface area (Å²) in [5.41, 5.74) is 2.61. The number of hydrogen-bond donors (Lipinski definition) is 0. The molecular formula is C26H30O6. The van der Waals surface area contributed by atoms with E-state index in [0.29, 0.717) is 22.3 Å². The molecule has 0 N–H and O–H groups in total. The lowest BCUT2D eigenvalue weighted by Crippen LogP contribution is -2.37. The molecule has 32 heavy (non-hydrogen) atoms. The first kappa shape index (κ1) is 22.4. The summed E-state index contributed by atoms with van der Waals surface area (Å²) in [5, 5.41) is 1.62. The van der Waals surface area contributed by atoms with Gasteiger partial charge in [-0.05, 0) is 65.7 Å². The van der Waals surface area contributed by atoms with Crippen LogP contribution in [0.2, 0.25) is 0 Å². The van der Waals surface area contributed by atoms with Crippen LogP contribution >= 0.6 is 0 Å². The second kappa shape index (κ2) is 8.96. The van der Waals surface area contributed by atoms with Crippen molar-refractivity contribution >= 4 is 21.9 Å². The summed E-state index contributed by atoms with van der Waals surface area (Å²) in [7, 11) is 0. The van der Waals surface area contributed by atoms with Gasteiger partial charge in [-0.25, -0.2) is 4.79 Å². The second-order valence-corrected chi connectivity index (χ2v) is 9.10. The molecule has 0 bridgehead atoms. The summed E-state index contributed by atoms with van der Waals surface area (Å²) in [4.78, 5) is 12.1. The number of ether oxygens (including phenoxy) is 3. The van der Waals surface area contributed by atoms with Crippen molar-refractivity contribution in [2.45, 2.75) is 65.5 Å². The van der Waals surface area contributed by atoms with Crippen molar-refractivity contribution in [1.82, 2.24) is 0 Å². The van der Waals surface area contributed by atoms with Crippen LogP contribution in [0.5, 0.6) is 5.75 Å². The van der Waals surface area contributed by atoms with Crippen molar-refractivity contribution in [3.8, 4) is 5.75 Å². The van der Waals surface area contributed by atoms with Crippen molar-refractivity contribution in [3.05, 3.63) is 64.2 Å². The Morgan fingerprint density at radius 3 is 2.75 bits per heavy atom. The summed E-state index contributed by atoms with van der Waals surface area (Å²) in [6.45, 7) is 10.5. The smallest absolute Gasteiger partial charge is 0.339 e. The van der Waals surface area contributed by atoms with Crippen molar-refractivity contribution in [1.29, 1.82) is 0 Å². The van der Waals surface area contributed by atoms with E-state index in [1.807, 2.05) is 32.1 Å². The van der Waals surface area contributed by atoms with Gasteiger partial charge in [-0.2, -0.15) is 0 Å². The van der Waals surface area contributed by atoms with Gasteiger partial charge in [-0.1, -0.05) is 17.2 Å². The highest BCUT2D eigenvalue weighted by Crippen LogP contribution is 2.33. The second-order valence-electron chi connectivity index (χ2n) is 9.10. The Labute approximate surface area is 187 Å². The van der Waals surface area contributed by atoms with Crippen LogP contribution in [0.1, 0.15) is 47.5 Å². The molecule has 0 saturated carbocycles. The molecule has 1 aliphatic heterocycles. The van der Waals surface area contributed by atoms with Crippen LogP contribution in [-0.2, 0) is 9.47 Å². The van der Waals surface area contributed by atoms with Crippen molar-refractivity contribution in [3.63, 3.8) is 0 Å². The van der Waals surface area contributed by atoms with E-state index in [1.54, 1.807) is 12.3 Å². The normalized spacial score (nSPS) is 20.7. The van der Waals surface area contributed by atoms with Gasteiger partial charge in [0.15, 0.2) is 6.29 Å². The standard InChI is InChI=1S/C26H30O6/c1-16(2)7-6-8-17(3)11-25-31-23(26(4,5)32-25)15-29-21-14-24(27)30-22-13-20-18(9-10-28-20)12-19(21)22/h7,9-14,23,25H,6,8,15H2,1-5H3/b17-11-/t23-,25-/m1/s1. The van der Waals surface area contributed by atoms with Crippen LogP contribution in [0.4, 0.5) is 0 Å². The monoisotopic (exact) mass is 438 g/mol. The molecule has 2 aromatic heterocycles. The van der Waals surface area contributed by atoms with Crippen LogP contribution < -0.4 is 10.4 Å². The lowest BCUT2D eigenvalue weighted by Gasteiger charge is -2.23. The first-order valence-corrected chi connectivity index (χ1v) is 10.9. The zero-order chi connectivity index (χ0) is 22.9. The molecule has 0 spiro atoms. The molecule has 1 aliphatic rings. The molecule has 2 atom stereocenters. The third-order valence-electron chi connectivity index (χ3n) is 5.68. The van der Waals surface area contributed by atoms with Gasteiger partial charge >= 0.3 is 5.63 Å². The molecule has 6 heteroatoms. The molecule has 1 fully saturated rings. The molecular weight excluding hydrogens is 408 g/mol. The highest BCUT2D eigenvalue weighted by atomic mass is 16.7. The number of benzene rings is 1. The van der Waals surface area contributed by atoms with Gasteiger partial charge in [0.05, 0.1) is 23.3 Å². The van der Waals surface area contributed by atoms with Gasteiger partial charge in [-0.3, -0.25) is 0 Å². The highest BCUT2D eigenvalue weighted by molar-refractivity contribution is 5.95. The average molecular weight is 439 g/mol. The topological polar surface area (TPSA) is 71.0 Å². The first-order valence-electron chi connectivity index (χ1n) is 10.9. The van der Waals surface area contributed by atoms with Crippen LogP contribution in [0, 0.1) is 0 Å². The zero-order valence-corrected chi connectivity index (χ0v) is 19.3. The van der Waals surface area contributed by atoms with Gasteiger partial charge in [-0.15, -0.1) is 0 Å². The van der Waals surface area contributed by atoms with E-state index < -0.39 is 17.5 Å². The van der Waals surface area contributed by atoms with E-state index in [9.17, 15) is 4.79 Å². The number of hydrogen-bond acceptors (Lipinski definition) is 6. The Morgan fingerprint density at radius 1 is 1.16 bits per heavy atom. The van der Waals surface area contributed by atoms with Crippen molar-refractivity contribution in [2.75, 3.05) is 6.61 Å². The molecule has 3 aromatic rings. The summed E-state index contributed by atoms with van der Waals surface area (Å²) in [6.07, 6.45) is 7.10. The molecule has 6 nitrogen and oxygen atoms in total. The third-order valence-corrected chi connectivity index (χ3v) is 5.68. The predicted octanol–water partition coefficient (Wildman–Crippen LogP) is 6.13. The molecule has 1 aromatic carbocycles. The summed E-state index contributed by atoms with van der Waals surface area (Å²) in [5.74, 6) is 0.454. The predicted molar refractivity (Wildman–Crippen MR) is 124 cm³/mol. The molecule has 0 unspecified atom stereocenters. The van der Waals surface area contributed by atoms with E-state index in [1.165, 1.54) is 17.2 Å². The maximum Gasteiger partial charge on any atom is 0.339 e. The minimum absolute atomic E-state index is 0.246. The summed E-state index contributed by atoms with van der Waals surface area (Å²) < 4.78 is 29.1. The van der Waals surface area contributed by atoms with Gasteiger partial charge < -0.3 is 23.0 Å². The van der Waals surface area contributed by atoms with Gasteiger partial charge in [0, 0.05) is 11.5 Å². The fourth-order valence-corrected chi connectivity index (χ4v) is 3.82. The molecule has 0 aliphatic carbocycles. The first-order chi connectivity index (χ1) is 15.2. The average Bonchev–Trinajstić information content (AvgIpc) is 3.26. The molecule has 3 heterocycles. The minimum atomic E-state index is -0.533. The maximum absolute atomic E-state index is 12.1. The van der Waals surface area contributed by atoms with Crippen LogP contribution in [-0.4, -0.2) is 24.6 Å². The van der Waals surface area contributed by atoms with Crippen molar-refractivity contribution in [2.24, 2.45) is 0 Å². The number of rotatable bonds is 7. The molecule has 4 rings (SSSR count). The Morgan fingerprint density at radius 2 is 1.97 bits per heavy atom. The molecule has 1 saturated heterocycles. The molecule has 0 radical (unpaired) electrons. The van der Waals surface area contributed by atoms with Gasteiger partial charge in [0.2, 0.25) is 0 Å². The number of fused-ring (bicyclic) bond motifs is 2. The molecule has 170 valence electrons. The SMILES string of the molecule is CC(C)=CCC/C(C)=C\[C@@H]1O[C@H](COc2cc(=O)oc3cc4occc4cc23)C(C)(C)O1. The highest BCUT2D eigenvalue weighted by Gasteiger charge is 2.42. The Hall–Kier alpha value is -2.83. The van der Waals surface area contributed by atoms with Crippen molar-refractivity contribution < 1.29 is 23.0 Å². The maximum atomic E-state index is 12.1. The van der Waals surface area contributed by atoms with Gasteiger partial charge in [0.1, 0.15) is 29.6 Å². The third kappa shape index (κ3) is 4.97. The minimum Gasteiger partial charge on any atom is -0.490 e. The van der Waals surface area contributed by atoms with Crippen LogP contribution in [0.3, 0.4) is 0 Å². The summed E-state index contributed by atoms with van der Waals surface area (Å²) in [6, 6.07) is 6.82. The zero-order valence-electron chi connectivity index (χ0n) is 19.3. The van der Waals surface area contributed by atoms with Crippen LogP contribution in [0.25, 0.3) is 21.9 Å². The van der Waals surface area contributed by atoms with Crippen LogP contribution in [0.15, 0.2) is 67.5 Å². The quantitative estimate of drug-likeness (QED) is 0.326. The molecule has 0 amide bonds. The Bertz CT molecular complexity index is 1220. The van der Waals surface area contributed by atoms with E-state index in [-0.39, 0.29) is 12.7 Å². The van der Waals surface area contributed by atoms with E-state index in [2.05, 4.69) is 26.8 Å². The van der Waals surface area contributed by atoms with Gasteiger partial charge in [0.25, 0.3) is 0 Å². The van der Waals surface area contributed by atoms with E-state index >= 15 is 0 Å². The largest absolute Gasteiger partial charge is 0.490 e. The lowest BCUT2D eigenvalue weighted by atomic mass is 10.0. The fraction of sp³-hybridized carbons (Fsp3) is 0.423. The summed E-state index contributed by atoms with van der Waals surface area (Å²) >= 11 is 0. The lowest BCUT2D eigenvalue weighted by molar-refractivity contribution is -0.0472. The van der Waals surface area contributed by atoms with E-state index in [0.717, 1.165) is 18.2 Å². The fourth-order valence-electron chi connectivity index (χ4n) is 3.82.